The van der Waals surface area contributed by atoms with Crippen LogP contribution in [0.25, 0.3) is 0 Å². The Kier molecular flexibility index (Phi) is 6.20. The molecule has 0 spiro atoms. The van der Waals surface area contributed by atoms with Gasteiger partial charge in [0.15, 0.2) is 0 Å². The molecule has 1 saturated heterocycles. The Labute approximate surface area is 85.6 Å². The van der Waals surface area contributed by atoms with Gasteiger partial charge in [0.1, 0.15) is 0 Å². The van der Waals surface area contributed by atoms with E-state index in [1.807, 2.05) is 0 Å². The summed E-state index contributed by atoms with van der Waals surface area (Å²) in [5.74, 6) is 0. The Morgan fingerprint density at radius 1 is 0.929 bits per heavy atom. The molecule has 3 nitrogen and oxygen atoms in total. The Bertz CT molecular complexity index is 237. The van der Waals surface area contributed by atoms with E-state index in [1.54, 1.807) is 0 Å². The first-order chi connectivity index (χ1) is 5.95. The number of rotatable bonds is 2. The third kappa shape index (κ3) is 3.50. The average molecular weight is 194 g/mol. The van der Waals surface area contributed by atoms with Crippen molar-refractivity contribution in [2.45, 2.75) is 12.8 Å². The van der Waals surface area contributed by atoms with Crippen LogP contribution in [-0.4, -0.2) is 36.3 Å². The number of nitrogens with zero attached hydrogens (tertiary/aromatic N) is 1. The van der Waals surface area contributed by atoms with Crippen molar-refractivity contribution in [3.05, 3.63) is 30.3 Å². The first-order valence-corrected chi connectivity index (χ1v) is 4.59. The molecular formula is C10H17BNO2. The van der Waals surface area contributed by atoms with Crippen LogP contribution in [0.5, 0.6) is 0 Å². The summed E-state index contributed by atoms with van der Waals surface area (Å²) in [6, 6.07) is 10.5. The maximum Gasteiger partial charge on any atom is 0.247 e. The molecule has 4 N–H and O–H groups in total. The first kappa shape index (κ1) is 13.2. The smallest absolute Gasteiger partial charge is 0.247 e. The third-order valence-corrected chi connectivity index (χ3v) is 2.27. The number of hydrogen-bond donors (Lipinski definition) is 0. The second kappa shape index (κ2) is 6.59. The predicted molar refractivity (Wildman–Crippen MR) is 59.9 cm³/mol. The Hall–Kier alpha value is -0.835. The molecule has 14 heavy (non-hydrogen) atoms. The van der Waals surface area contributed by atoms with Crippen molar-refractivity contribution in [1.29, 1.82) is 0 Å². The van der Waals surface area contributed by atoms with Crippen molar-refractivity contribution in [3.8, 4) is 0 Å². The van der Waals surface area contributed by atoms with E-state index in [2.05, 4.69) is 42.6 Å². The highest BCUT2D eigenvalue weighted by Crippen LogP contribution is 2.04. The molecule has 1 aliphatic rings. The van der Waals surface area contributed by atoms with Crippen LogP contribution in [0.1, 0.15) is 12.8 Å². The molecule has 0 saturated carbocycles. The molecular weight excluding hydrogens is 177 g/mol. The lowest BCUT2D eigenvalue weighted by molar-refractivity contribution is 0.557. The molecule has 1 aromatic rings. The minimum Gasteiger partial charge on any atom is -0.412 e. The van der Waals surface area contributed by atoms with Crippen molar-refractivity contribution in [2.75, 3.05) is 13.1 Å². The molecule has 0 aliphatic carbocycles. The average Bonchev–Trinajstić information content (AvgIpc) is 2.59. The zero-order valence-electron chi connectivity index (χ0n) is 8.24. The summed E-state index contributed by atoms with van der Waals surface area (Å²) in [5, 5.41) is 0. The fourth-order valence-electron chi connectivity index (χ4n) is 1.62. The van der Waals surface area contributed by atoms with Crippen molar-refractivity contribution in [3.63, 3.8) is 0 Å². The molecule has 1 heterocycles. The molecule has 0 atom stereocenters. The summed E-state index contributed by atoms with van der Waals surface area (Å²) >= 11 is 0. The van der Waals surface area contributed by atoms with Crippen LogP contribution in [0.2, 0.25) is 0 Å². The quantitative estimate of drug-likeness (QED) is 0.578. The summed E-state index contributed by atoms with van der Waals surface area (Å²) in [4.78, 5) is 2.40. The van der Waals surface area contributed by atoms with Gasteiger partial charge in [0.25, 0.3) is 0 Å². The lowest BCUT2D eigenvalue weighted by atomic mass is 9.81. The summed E-state index contributed by atoms with van der Waals surface area (Å²) in [7, 11) is 2.26. The van der Waals surface area contributed by atoms with Gasteiger partial charge in [-0.1, -0.05) is 35.8 Å². The maximum atomic E-state index is 2.40. The van der Waals surface area contributed by atoms with E-state index in [0.29, 0.717) is 0 Å². The van der Waals surface area contributed by atoms with E-state index in [-0.39, 0.29) is 11.0 Å². The van der Waals surface area contributed by atoms with Crippen molar-refractivity contribution >= 4 is 12.9 Å². The largest absolute Gasteiger partial charge is 0.412 e. The van der Waals surface area contributed by atoms with Crippen LogP contribution >= 0.6 is 0 Å². The van der Waals surface area contributed by atoms with E-state index in [1.165, 1.54) is 31.4 Å². The van der Waals surface area contributed by atoms with Crippen molar-refractivity contribution in [1.82, 2.24) is 4.81 Å². The van der Waals surface area contributed by atoms with Crippen LogP contribution in [0.15, 0.2) is 30.3 Å². The van der Waals surface area contributed by atoms with Crippen LogP contribution in [0.4, 0.5) is 0 Å². The zero-order valence-corrected chi connectivity index (χ0v) is 8.24. The standard InChI is InChI=1S/C10H13BN.2H2O/c1-2-6-10(7-3-1)11-12-8-4-5-9-12;;/h1-3,6-7H,4-5,8-9H2;2*1H2. The normalized spacial score (nSPS) is 15.4. The predicted octanol–water partition coefficient (Wildman–Crippen LogP) is -0.623. The maximum absolute atomic E-state index is 2.40. The minimum atomic E-state index is 0. The molecule has 4 heteroatoms. The molecule has 2 rings (SSSR count). The molecule has 1 aromatic carbocycles. The van der Waals surface area contributed by atoms with E-state index in [9.17, 15) is 0 Å². The Balaban J connectivity index is 0.000000845. The summed E-state index contributed by atoms with van der Waals surface area (Å²) in [6.45, 7) is 2.46. The lowest BCUT2D eigenvalue weighted by Gasteiger charge is -2.12. The zero-order chi connectivity index (χ0) is 8.23. The molecule has 0 aromatic heterocycles. The monoisotopic (exact) mass is 194 g/mol. The highest BCUT2D eigenvalue weighted by molar-refractivity contribution is 6.50. The van der Waals surface area contributed by atoms with Gasteiger partial charge in [-0.3, -0.25) is 0 Å². The van der Waals surface area contributed by atoms with E-state index >= 15 is 0 Å². The molecule has 1 aliphatic heterocycles. The van der Waals surface area contributed by atoms with Gasteiger partial charge in [-0.15, -0.1) is 0 Å². The van der Waals surface area contributed by atoms with Gasteiger partial charge in [0.2, 0.25) is 7.41 Å². The van der Waals surface area contributed by atoms with Crippen LogP contribution in [-0.2, 0) is 0 Å². The SMILES string of the molecule is O.O.[B](c1ccccc1)N1CCCC1. The molecule has 0 bridgehead atoms. The summed E-state index contributed by atoms with van der Waals surface area (Å²) in [6.07, 6.45) is 2.70. The van der Waals surface area contributed by atoms with Crippen LogP contribution < -0.4 is 5.46 Å². The van der Waals surface area contributed by atoms with Gasteiger partial charge >= 0.3 is 0 Å². The van der Waals surface area contributed by atoms with Gasteiger partial charge in [-0.05, 0) is 25.9 Å². The number of benzene rings is 1. The molecule has 1 radical (unpaired) electrons. The number of hydrogen-bond acceptors (Lipinski definition) is 1. The minimum absolute atomic E-state index is 0. The second-order valence-corrected chi connectivity index (χ2v) is 3.28. The van der Waals surface area contributed by atoms with E-state index in [0.717, 1.165) is 0 Å². The second-order valence-electron chi connectivity index (χ2n) is 3.28. The van der Waals surface area contributed by atoms with Crippen LogP contribution in [0.3, 0.4) is 0 Å². The lowest BCUT2D eigenvalue weighted by Crippen LogP contribution is -2.33. The Morgan fingerprint density at radius 3 is 2.07 bits per heavy atom. The van der Waals surface area contributed by atoms with Crippen LogP contribution in [0, 0.1) is 0 Å². The topological polar surface area (TPSA) is 66.2 Å². The van der Waals surface area contributed by atoms with Crippen molar-refractivity contribution in [2.24, 2.45) is 0 Å². The Morgan fingerprint density at radius 2 is 1.50 bits per heavy atom. The summed E-state index contributed by atoms with van der Waals surface area (Å²) < 4.78 is 0. The van der Waals surface area contributed by atoms with Gasteiger partial charge in [-0.2, -0.15) is 0 Å². The van der Waals surface area contributed by atoms with Gasteiger partial charge in [-0.25, -0.2) is 0 Å². The fourth-order valence-corrected chi connectivity index (χ4v) is 1.62. The van der Waals surface area contributed by atoms with Gasteiger partial charge in [0, 0.05) is 0 Å². The van der Waals surface area contributed by atoms with Crippen molar-refractivity contribution < 1.29 is 11.0 Å². The fraction of sp³-hybridized carbons (Fsp3) is 0.400. The molecule has 0 unspecified atom stereocenters. The van der Waals surface area contributed by atoms with E-state index in [4.69, 9.17) is 0 Å². The molecule has 1 fully saturated rings. The highest BCUT2D eigenvalue weighted by Gasteiger charge is 2.12. The first-order valence-electron chi connectivity index (χ1n) is 4.59. The molecule has 0 amide bonds. The third-order valence-electron chi connectivity index (χ3n) is 2.27. The molecule has 77 valence electrons. The highest BCUT2D eigenvalue weighted by atomic mass is 16.0. The van der Waals surface area contributed by atoms with Gasteiger partial charge in [0.05, 0.1) is 0 Å². The summed E-state index contributed by atoms with van der Waals surface area (Å²) in [5.41, 5.74) is 1.32. The van der Waals surface area contributed by atoms with E-state index < -0.39 is 0 Å². The van der Waals surface area contributed by atoms with Gasteiger partial charge < -0.3 is 15.8 Å².